The predicted molar refractivity (Wildman–Crippen MR) is 108 cm³/mol. The maximum absolute atomic E-state index is 13.3. The number of carbonyl (C=O) groups is 1. The van der Waals surface area contributed by atoms with Crippen molar-refractivity contribution in [3.8, 4) is 0 Å². The summed E-state index contributed by atoms with van der Waals surface area (Å²) in [6.45, 7) is 3.23. The van der Waals surface area contributed by atoms with E-state index in [4.69, 9.17) is 0 Å². The van der Waals surface area contributed by atoms with Gasteiger partial charge in [-0.1, -0.05) is 24.3 Å². The summed E-state index contributed by atoms with van der Waals surface area (Å²) in [5, 5.41) is 3.37. The molecule has 0 aliphatic carbocycles. The maximum atomic E-state index is 13.3. The maximum Gasteiger partial charge on any atom is 0.164 e. The molecule has 1 aliphatic heterocycles. The Hall–Kier alpha value is -1.53. The van der Waals surface area contributed by atoms with Crippen LogP contribution in [0.1, 0.15) is 22.3 Å². The fourth-order valence-corrected chi connectivity index (χ4v) is 3.24. The van der Waals surface area contributed by atoms with Crippen LogP contribution < -0.4 is 5.32 Å². The number of halogens is 4. The zero-order valence-corrected chi connectivity index (χ0v) is 16.5. The summed E-state index contributed by atoms with van der Waals surface area (Å²) >= 11 is 0. The lowest BCUT2D eigenvalue weighted by atomic mass is 10.0. The molecule has 0 bridgehead atoms. The Morgan fingerprint density at radius 3 is 2.52 bits per heavy atom. The number of carbonyl (C=O) groups excluding carboxylic acids is 1. The Balaban J connectivity index is 0.00000182. The smallest absolute Gasteiger partial charge is 0.164 e. The highest BCUT2D eigenvalue weighted by Crippen LogP contribution is 2.14. The van der Waals surface area contributed by atoms with Crippen molar-refractivity contribution in [1.29, 1.82) is 0 Å². The molecule has 27 heavy (non-hydrogen) atoms. The molecule has 0 saturated carbocycles. The first-order chi connectivity index (χ1) is 12.1. The van der Waals surface area contributed by atoms with Gasteiger partial charge in [0.1, 0.15) is 11.6 Å². The molecular formula is C20H24Cl2F2N2O. The molecule has 0 aromatic heterocycles. The average Bonchev–Trinajstić information content (AvgIpc) is 2.62. The van der Waals surface area contributed by atoms with Crippen LogP contribution in [-0.4, -0.2) is 42.9 Å². The fourth-order valence-electron chi connectivity index (χ4n) is 3.24. The van der Waals surface area contributed by atoms with Crippen molar-refractivity contribution in [2.24, 2.45) is 0 Å². The number of rotatable bonds is 6. The third-order valence-corrected chi connectivity index (χ3v) is 4.63. The van der Waals surface area contributed by atoms with E-state index in [1.54, 1.807) is 24.3 Å². The van der Waals surface area contributed by atoms with Crippen LogP contribution in [-0.2, 0) is 6.42 Å². The number of hydrogen-bond donors (Lipinski definition) is 1. The Labute approximate surface area is 171 Å². The summed E-state index contributed by atoms with van der Waals surface area (Å²) in [6, 6.07) is 12.7. The number of hydrogen-bond acceptors (Lipinski definition) is 3. The Morgan fingerprint density at radius 2 is 1.81 bits per heavy atom. The van der Waals surface area contributed by atoms with Crippen LogP contribution in [0.2, 0.25) is 0 Å². The lowest BCUT2D eigenvalue weighted by molar-refractivity contribution is 0.0935. The lowest BCUT2D eigenvalue weighted by Gasteiger charge is -2.36. The molecule has 1 fully saturated rings. The quantitative estimate of drug-likeness (QED) is 0.724. The molecule has 2 aromatic rings. The van der Waals surface area contributed by atoms with Crippen molar-refractivity contribution in [2.75, 3.05) is 26.2 Å². The molecule has 0 radical (unpaired) electrons. The molecule has 3 rings (SSSR count). The van der Waals surface area contributed by atoms with Crippen molar-refractivity contribution in [1.82, 2.24) is 10.2 Å². The number of nitrogens with one attached hydrogen (secondary N) is 1. The van der Waals surface area contributed by atoms with E-state index in [1.807, 2.05) is 0 Å². The number of ketones is 1. The molecule has 1 atom stereocenters. The molecular weight excluding hydrogens is 393 g/mol. The van der Waals surface area contributed by atoms with Crippen LogP contribution in [0, 0.1) is 11.6 Å². The number of benzene rings is 2. The van der Waals surface area contributed by atoms with Gasteiger partial charge in [-0.05, 0) is 36.2 Å². The number of nitrogens with zero attached hydrogens (tertiary/aromatic N) is 1. The summed E-state index contributed by atoms with van der Waals surface area (Å²) in [5.41, 5.74) is 1.50. The summed E-state index contributed by atoms with van der Waals surface area (Å²) < 4.78 is 26.3. The topological polar surface area (TPSA) is 32.3 Å². The van der Waals surface area contributed by atoms with E-state index in [2.05, 4.69) is 10.2 Å². The minimum atomic E-state index is -0.387. The first kappa shape index (κ1) is 23.5. The van der Waals surface area contributed by atoms with E-state index in [1.165, 1.54) is 24.3 Å². The Kier molecular flexibility index (Phi) is 9.88. The van der Waals surface area contributed by atoms with Gasteiger partial charge in [-0.2, -0.15) is 0 Å². The molecule has 148 valence electrons. The average molecular weight is 417 g/mol. The van der Waals surface area contributed by atoms with Crippen molar-refractivity contribution >= 4 is 30.6 Å². The van der Waals surface area contributed by atoms with Gasteiger partial charge >= 0.3 is 0 Å². The zero-order valence-electron chi connectivity index (χ0n) is 14.9. The summed E-state index contributed by atoms with van der Waals surface area (Å²) in [7, 11) is 0. The minimum Gasteiger partial charge on any atom is -0.314 e. The van der Waals surface area contributed by atoms with Crippen LogP contribution in [0.4, 0.5) is 8.78 Å². The van der Waals surface area contributed by atoms with E-state index >= 15 is 0 Å². The second-order valence-corrected chi connectivity index (χ2v) is 6.41. The van der Waals surface area contributed by atoms with Crippen LogP contribution >= 0.6 is 24.8 Å². The summed E-state index contributed by atoms with van der Waals surface area (Å²) in [5.74, 6) is -0.663. The van der Waals surface area contributed by atoms with Crippen molar-refractivity contribution in [3.63, 3.8) is 0 Å². The van der Waals surface area contributed by atoms with Gasteiger partial charge < -0.3 is 5.32 Å². The van der Waals surface area contributed by atoms with E-state index in [0.717, 1.165) is 31.6 Å². The normalized spacial score (nSPS) is 16.9. The van der Waals surface area contributed by atoms with E-state index in [-0.39, 0.29) is 48.3 Å². The molecule has 3 nitrogen and oxygen atoms in total. The van der Waals surface area contributed by atoms with E-state index in [9.17, 15) is 13.6 Å². The minimum absolute atomic E-state index is 0. The molecule has 1 N–H and O–H groups in total. The van der Waals surface area contributed by atoms with Gasteiger partial charge in [0.15, 0.2) is 5.78 Å². The number of piperazine rings is 1. The molecule has 7 heteroatoms. The van der Waals surface area contributed by atoms with E-state index in [0.29, 0.717) is 18.5 Å². The molecule has 0 amide bonds. The van der Waals surface area contributed by atoms with Crippen molar-refractivity contribution < 1.29 is 13.6 Å². The van der Waals surface area contributed by atoms with E-state index < -0.39 is 0 Å². The van der Waals surface area contributed by atoms with Crippen molar-refractivity contribution in [3.05, 3.63) is 71.3 Å². The zero-order chi connectivity index (χ0) is 17.6. The molecule has 1 aliphatic rings. The van der Waals surface area contributed by atoms with Gasteiger partial charge in [0, 0.05) is 44.2 Å². The summed E-state index contributed by atoms with van der Waals surface area (Å²) in [4.78, 5) is 14.6. The summed E-state index contributed by atoms with van der Waals surface area (Å²) in [6.07, 6.45) is 1.17. The van der Waals surface area contributed by atoms with Gasteiger partial charge in [-0.15, -0.1) is 24.8 Å². The Bertz CT molecular complexity index is 728. The largest absolute Gasteiger partial charge is 0.314 e. The molecule has 1 heterocycles. The highest BCUT2D eigenvalue weighted by molar-refractivity contribution is 5.96. The second kappa shape index (κ2) is 11.3. The predicted octanol–water partition coefficient (Wildman–Crippen LogP) is 3.90. The first-order valence-corrected chi connectivity index (χ1v) is 8.60. The second-order valence-electron chi connectivity index (χ2n) is 6.41. The third kappa shape index (κ3) is 6.85. The number of Topliss-reactive ketones (excluding diaryl/α,β-unsaturated/α-hetero) is 1. The standard InChI is InChI=1S/C20H22F2N2O.2ClH/c21-17-6-4-15(5-7-17)12-19-14-23-9-11-24(19)10-8-20(25)16-2-1-3-18(22)13-16;;/h1-7,13,19,23H,8-12,14H2;2*1H. The van der Waals surface area contributed by atoms with Crippen LogP contribution in [0.25, 0.3) is 0 Å². The highest BCUT2D eigenvalue weighted by atomic mass is 35.5. The van der Waals surface area contributed by atoms with Gasteiger partial charge in [0.25, 0.3) is 0 Å². The highest BCUT2D eigenvalue weighted by Gasteiger charge is 2.23. The van der Waals surface area contributed by atoms with Gasteiger partial charge in [-0.25, -0.2) is 8.78 Å². The Morgan fingerprint density at radius 1 is 1.07 bits per heavy atom. The SMILES string of the molecule is Cl.Cl.O=C(CCN1CCNCC1Cc1ccc(F)cc1)c1cccc(F)c1. The monoisotopic (exact) mass is 416 g/mol. The molecule has 2 aromatic carbocycles. The van der Waals surface area contributed by atoms with Gasteiger partial charge in [0.2, 0.25) is 0 Å². The lowest BCUT2D eigenvalue weighted by Crippen LogP contribution is -2.52. The van der Waals surface area contributed by atoms with Gasteiger partial charge in [-0.3, -0.25) is 9.69 Å². The molecule has 1 unspecified atom stereocenters. The van der Waals surface area contributed by atoms with Crippen LogP contribution in [0.3, 0.4) is 0 Å². The van der Waals surface area contributed by atoms with Gasteiger partial charge in [0.05, 0.1) is 0 Å². The first-order valence-electron chi connectivity index (χ1n) is 8.60. The molecule has 1 saturated heterocycles. The third-order valence-electron chi connectivity index (χ3n) is 4.63. The van der Waals surface area contributed by atoms with Crippen LogP contribution in [0.15, 0.2) is 48.5 Å². The molecule has 0 spiro atoms. The van der Waals surface area contributed by atoms with Crippen molar-refractivity contribution in [2.45, 2.75) is 18.9 Å². The fraction of sp³-hybridized carbons (Fsp3) is 0.350. The van der Waals surface area contributed by atoms with Crippen LogP contribution in [0.5, 0.6) is 0 Å².